The van der Waals surface area contributed by atoms with E-state index >= 15 is 0 Å². The lowest BCUT2D eigenvalue weighted by Gasteiger charge is -2.41. The third-order valence-electron chi connectivity index (χ3n) is 6.58. The summed E-state index contributed by atoms with van der Waals surface area (Å²) >= 11 is 0. The fourth-order valence-corrected chi connectivity index (χ4v) is 4.87. The van der Waals surface area contributed by atoms with Gasteiger partial charge in [0, 0.05) is 0 Å². The van der Waals surface area contributed by atoms with E-state index in [2.05, 4.69) is 49.1 Å². The number of hydrogen-bond acceptors (Lipinski definition) is 1. The number of rotatable bonds is 7. The lowest BCUT2D eigenvalue weighted by atomic mass is 9.61. The minimum Gasteiger partial charge on any atom is -0.299 e. The van der Waals surface area contributed by atoms with E-state index in [1.54, 1.807) is 6.92 Å². The first-order chi connectivity index (χ1) is 12.7. The summed E-state index contributed by atoms with van der Waals surface area (Å²) in [5.41, 5.74) is 2.22. The monoisotopic (exact) mass is 348 g/mol. The highest BCUT2D eigenvalue weighted by Crippen LogP contribution is 2.48. The van der Waals surface area contributed by atoms with Gasteiger partial charge in [0.05, 0.1) is 5.41 Å². The van der Waals surface area contributed by atoms with Gasteiger partial charge in [-0.3, -0.25) is 4.79 Å². The molecule has 1 aromatic rings. The summed E-state index contributed by atoms with van der Waals surface area (Å²) in [5, 5.41) is 0. The molecule has 0 aromatic heterocycles. The fourth-order valence-electron chi connectivity index (χ4n) is 4.87. The Balaban J connectivity index is 1.66. The van der Waals surface area contributed by atoms with Crippen LogP contribution in [-0.4, -0.2) is 5.78 Å². The second kappa shape index (κ2) is 8.66. The fraction of sp³-hybridized carbons (Fsp3) is 0.480. The molecule has 0 spiro atoms. The Labute approximate surface area is 158 Å². The number of unbranched alkanes of at least 4 members (excludes halogenated alkanes) is 1. The predicted molar refractivity (Wildman–Crippen MR) is 111 cm³/mol. The summed E-state index contributed by atoms with van der Waals surface area (Å²) in [6.45, 7) is 5.62. The Morgan fingerprint density at radius 1 is 1.19 bits per heavy atom. The Morgan fingerprint density at radius 2 is 1.92 bits per heavy atom. The molecule has 0 N–H and O–H groups in total. The zero-order valence-electron chi connectivity index (χ0n) is 16.1. The molecule has 0 bridgehead atoms. The average molecular weight is 349 g/mol. The maximum atomic E-state index is 12.7. The summed E-state index contributed by atoms with van der Waals surface area (Å²) in [4.78, 5) is 12.7. The van der Waals surface area contributed by atoms with Crippen molar-refractivity contribution in [3.05, 3.63) is 66.8 Å². The molecule has 0 saturated heterocycles. The van der Waals surface area contributed by atoms with Crippen molar-refractivity contribution in [2.24, 2.45) is 17.3 Å². The van der Waals surface area contributed by atoms with Gasteiger partial charge < -0.3 is 0 Å². The van der Waals surface area contributed by atoms with Crippen LogP contribution in [-0.2, 0) is 4.79 Å². The standard InChI is InChI=1S/C25H32O/c1-3-4-6-9-21-12-14-24(15-13-21)25(20(2)26)18-16-23(17-19-25)22-10-7-5-8-11-22/h3,5,7-8,10-11,16-18,21,24H,1,4,6,9,12-15,19H2,2H3. The number of carbonyl (C=O) groups is 1. The second-order valence-electron chi connectivity index (χ2n) is 8.10. The first-order valence-electron chi connectivity index (χ1n) is 10.2. The van der Waals surface area contributed by atoms with Crippen LogP contribution >= 0.6 is 0 Å². The molecular weight excluding hydrogens is 316 g/mol. The molecule has 1 atom stereocenters. The molecule has 3 rings (SSSR count). The highest BCUT2D eigenvalue weighted by molar-refractivity contribution is 5.88. The van der Waals surface area contributed by atoms with Crippen LogP contribution in [0.15, 0.2) is 61.2 Å². The van der Waals surface area contributed by atoms with Crippen molar-refractivity contribution in [2.45, 2.75) is 58.3 Å². The van der Waals surface area contributed by atoms with Crippen molar-refractivity contribution >= 4 is 11.4 Å². The highest BCUT2D eigenvalue weighted by Gasteiger charge is 2.42. The molecule has 0 aliphatic heterocycles. The number of ketones is 1. The second-order valence-corrected chi connectivity index (χ2v) is 8.10. The van der Waals surface area contributed by atoms with E-state index in [4.69, 9.17) is 0 Å². The first kappa shape index (κ1) is 18.9. The van der Waals surface area contributed by atoms with E-state index in [1.807, 2.05) is 12.1 Å². The number of benzene rings is 1. The summed E-state index contributed by atoms with van der Waals surface area (Å²) in [7, 11) is 0. The van der Waals surface area contributed by atoms with E-state index in [-0.39, 0.29) is 5.41 Å². The Hall–Kier alpha value is -1.89. The van der Waals surface area contributed by atoms with Gasteiger partial charge in [-0.25, -0.2) is 0 Å². The third-order valence-corrected chi connectivity index (χ3v) is 6.58. The van der Waals surface area contributed by atoms with Gasteiger partial charge in [0.25, 0.3) is 0 Å². The Kier molecular flexibility index (Phi) is 6.29. The SMILES string of the molecule is C=CCCCC1CCC(C2(C(C)=O)C=CC(c3ccccc3)=CC2)CC1. The van der Waals surface area contributed by atoms with Gasteiger partial charge >= 0.3 is 0 Å². The van der Waals surface area contributed by atoms with E-state index in [0.29, 0.717) is 11.7 Å². The summed E-state index contributed by atoms with van der Waals surface area (Å²) in [6.07, 6.45) is 18.2. The van der Waals surface area contributed by atoms with Crippen LogP contribution in [0.1, 0.15) is 63.9 Å². The van der Waals surface area contributed by atoms with E-state index in [9.17, 15) is 4.79 Å². The summed E-state index contributed by atoms with van der Waals surface area (Å²) in [5.74, 6) is 1.69. The molecule has 0 heterocycles. The van der Waals surface area contributed by atoms with Crippen molar-refractivity contribution in [1.29, 1.82) is 0 Å². The molecule has 138 valence electrons. The third kappa shape index (κ3) is 4.09. The lowest BCUT2D eigenvalue weighted by Crippen LogP contribution is -2.38. The molecule has 1 nitrogen and oxygen atoms in total. The molecule has 0 radical (unpaired) electrons. The van der Waals surface area contributed by atoms with Crippen LogP contribution in [0.3, 0.4) is 0 Å². The zero-order valence-corrected chi connectivity index (χ0v) is 16.1. The van der Waals surface area contributed by atoms with Crippen LogP contribution in [0.2, 0.25) is 0 Å². The summed E-state index contributed by atoms with van der Waals surface area (Å²) in [6, 6.07) is 10.5. The molecule has 1 fully saturated rings. The van der Waals surface area contributed by atoms with Crippen molar-refractivity contribution in [3.8, 4) is 0 Å². The van der Waals surface area contributed by atoms with E-state index in [0.717, 1.165) is 18.8 Å². The molecule has 26 heavy (non-hydrogen) atoms. The number of Topliss-reactive ketones (excluding diaryl/α,β-unsaturated/α-hetero) is 1. The van der Waals surface area contributed by atoms with Crippen LogP contribution in [0.5, 0.6) is 0 Å². The highest BCUT2D eigenvalue weighted by atomic mass is 16.1. The van der Waals surface area contributed by atoms with Gasteiger partial charge in [-0.1, -0.05) is 73.9 Å². The Morgan fingerprint density at radius 3 is 2.50 bits per heavy atom. The number of allylic oxidation sites excluding steroid dienone is 5. The lowest BCUT2D eigenvalue weighted by molar-refractivity contribution is -0.127. The van der Waals surface area contributed by atoms with Gasteiger partial charge in [0.2, 0.25) is 0 Å². The van der Waals surface area contributed by atoms with Gasteiger partial charge in [-0.05, 0) is 62.0 Å². The van der Waals surface area contributed by atoms with Crippen LogP contribution in [0.4, 0.5) is 0 Å². The normalized spacial score (nSPS) is 28.4. The molecule has 2 aliphatic carbocycles. The number of carbonyl (C=O) groups excluding carboxylic acids is 1. The minimum absolute atomic E-state index is 0.273. The molecule has 1 heteroatoms. The van der Waals surface area contributed by atoms with E-state index < -0.39 is 0 Å². The molecule has 0 amide bonds. The van der Waals surface area contributed by atoms with Crippen molar-refractivity contribution in [3.63, 3.8) is 0 Å². The molecule has 1 unspecified atom stereocenters. The first-order valence-corrected chi connectivity index (χ1v) is 10.2. The van der Waals surface area contributed by atoms with Gasteiger partial charge in [0.1, 0.15) is 5.78 Å². The molecular formula is C25H32O. The van der Waals surface area contributed by atoms with Gasteiger partial charge in [-0.2, -0.15) is 0 Å². The molecule has 1 aromatic carbocycles. The van der Waals surface area contributed by atoms with Gasteiger partial charge in [0.15, 0.2) is 0 Å². The topological polar surface area (TPSA) is 17.1 Å². The minimum atomic E-state index is -0.273. The van der Waals surface area contributed by atoms with Crippen LogP contribution in [0.25, 0.3) is 5.57 Å². The zero-order chi connectivity index (χ0) is 18.4. The smallest absolute Gasteiger partial charge is 0.140 e. The van der Waals surface area contributed by atoms with Crippen molar-refractivity contribution in [1.82, 2.24) is 0 Å². The predicted octanol–water partition coefficient (Wildman–Crippen LogP) is 6.77. The van der Waals surface area contributed by atoms with Crippen molar-refractivity contribution in [2.75, 3.05) is 0 Å². The average Bonchev–Trinajstić information content (AvgIpc) is 2.69. The summed E-state index contributed by atoms with van der Waals surface area (Å²) < 4.78 is 0. The maximum Gasteiger partial charge on any atom is 0.140 e. The molecule has 2 aliphatic rings. The van der Waals surface area contributed by atoms with Crippen LogP contribution in [0, 0.1) is 17.3 Å². The van der Waals surface area contributed by atoms with Crippen LogP contribution < -0.4 is 0 Å². The quantitative estimate of drug-likeness (QED) is 0.392. The number of hydrogen-bond donors (Lipinski definition) is 0. The maximum absolute atomic E-state index is 12.7. The van der Waals surface area contributed by atoms with Gasteiger partial charge in [-0.15, -0.1) is 6.58 Å². The van der Waals surface area contributed by atoms with Crippen molar-refractivity contribution < 1.29 is 4.79 Å². The largest absolute Gasteiger partial charge is 0.299 e. The molecule has 1 saturated carbocycles. The Bertz CT molecular complexity index is 673. The van der Waals surface area contributed by atoms with E-state index in [1.165, 1.54) is 49.7 Å².